The summed E-state index contributed by atoms with van der Waals surface area (Å²) in [6, 6.07) is 4.83. The smallest absolute Gasteiger partial charge is 0.321 e. The molecule has 1 aromatic rings. The van der Waals surface area contributed by atoms with Gasteiger partial charge in [0, 0.05) is 6.04 Å². The maximum absolute atomic E-state index is 12.9. The fourth-order valence-electron chi connectivity index (χ4n) is 3.21. The minimum atomic E-state index is -3.54. The maximum Gasteiger partial charge on any atom is 0.321 e. The Labute approximate surface area is 167 Å². The van der Waals surface area contributed by atoms with Crippen molar-refractivity contribution < 1.29 is 22.9 Å². The average molecular weight is 412 g/mol. The minimum Gasteiger partial charge on any atom is -0.335 e. The van der Waals surface area contributed by atoms with Crippen molar-refractivity contribution >= 4 is 22.0 Å². The van der Waals surface area contributed by atoms with Gasteiger partial charge in [0.25, 0.3) is 5.91 Å². The standard InChI is InChI=1S/C19H30N4O4S/c1-5-16(4)20-19(25)21-18(24)13-22-8-10-23(11-9-22)28(26,27)17-7-6-14(2)12-15(17)3/h6-7,12,16H,5,8-11,13H2,1-4H3,(H2,20,21,24,25)/p+1/t16-/m0/s1. The number of nitrogens with zero attached hydrogens (tertiary/aromatic N) is 1. The largest absolute Gasteiger partial charge is 0.335 e. The van der Waals surface area contributed by atoms with Crippen molar-refractivity contribution in [2.24, 2.45) is 0 Å². The number of quaternary nitrogens is 1. The van der Waals surface area contributed by atoms with Crippen LogP contribution in [-0.2, 0) is 14.8 Å². The third-order valence-electron chi connectivity index (χ3n) is 5.03. The zero-order valence-electron chi connectivity index (χ0n) is 17.0. The minimum absolute atomic E-state index is 0.000806. The molecule has 156 valence electrons. The molecule has 8 nitrogen and oxygen atoms in total. The van der Waals surface area contributed by atoms with Crippen LogP contribution in [0.3, 0.4) is 0 Å². The fraction of sp³-hybridized carbons (Fsp3) is 0.579. The zero-order valence-corrected chi connectivity index (χ0v) is 17.9. The molecule has 0 saturated carbocycles. The molecule has 0 radical (unpaired) electrons. The van der Waals surface area contributed by atoms with Crippen LogP contribution >= 0.6 is 0 Å². The van der Waals surface area contributed by atoms with Crippen LogP contribution in [0, 0.1) is 13.8 Å². The predicted molar refractivity (Wildman–Crippen MR) is 107 cm³/mol. The molecule has 28 heavy (non-hydrogen) atoms. The molecule has 1 fully saturated rings. The Morgan fingerprint density at radius 1 is 1.21 bits per heavy atom. The lowest BCUT2D eigenvalue weighted by atomic mass is 10.2. The number of carbonyl (C=O) groups excluding carboxylic acids is 2. The summed E-state index contributed by atoms with van der Waals surface area (Å²) in [5.74, 6) is -0.360. The Morgan fingerprint density at radius 2 is 1.86 bits per heavy atom. The van der Waals surface area contributed by atoms with Crippen molar-refractivity contribution in [2.75, 3.05) is 32.7 Å². The number of carbonyl (C=O) groups is 2. The van der Waals surface area contributed by atoms with Gasteiger partial charge in [0.05, 0.1) is 31.1 Å². The molecule has 1 aromatic carbocycles. The summed E-state index contributed by atoms with van der Waals surface area (Å²) in [4.78, 5) is 25.1. The van der Waals surface area contributed by atoms with E-state index in [1.165, 1.54) is 4.31 Å². The Bertz CT molecular complexity index is 817. The number of imide groups is 1. The monoisotopic (exact) mass is 411 g/mol. The van der Waals surface area contributed by atoms with Gasteiger partial charge >= 0.3 is 6.03 Å². The molecule has 0 unspecified atom stereocenters. The van der Waals surface area contributed by atoms with Gasteiger partial charge in [0.2, 0.25) is 10.0 Å². The van der Waals surface area contributed by atoms with E-state index in [0.717, 1.165) is 22.4 Å². The van der Waals surface area contributed by atoms with Crippen LogP contribution in [0.2, 0.25) is 0 Å². The molecular weight excluding hydrogens is 380 g/mol. The highest BCUT2D eigenvalue weighted by atomic mass is 32.2. The number of piperazine rings is 1. The van der Waals surface area contributed by atoms with Crippen LogP contribution in [0.25, 0.3) is 0 Å². The lowest BCUT2D eigenvalue weighted by Gasteiger charge is -2.31. The number of nitrogens with one attached hydrogen (secondary N) is 3. The van der Waals surface area contributed by atoms with E-state index in [1.807, 2.05) is 26.8 Å². The molecule has 1 saturated heterocycles. The van der Waals surface area contributed by atoms with E-state index in [2.05, 4.69) is 10.6 Å². The van der Waals surface area contributed by atoms with Gasteiger partial charge in [-0.2, -0.15) is 4.31 Å². The molecule has 1 heterocycles. The Hall–Kier alpha value is -1.97. The third-order valence-corrected chi connectivity index (χ3v) is 7.09. The Morgan fingerprint density at radius 3 is 2.43 bits per heavy atom. The molecule has 1 aliphatic rings. The number of sulfonamides is 1. The van der Waals surface area contributed by atoms with Crippen molar-refractivity contribution in [1.29, 1.82) is 0 Å². The summed E-state index contributed by atoms with van der Waals surface area (Å²) >= 11 is 0. The van der Waals surface area contributed by atoms with Crippen LogP contribution < -0.4 is 15.5 Å². The van der Waals surface area contributed by atoms with E-state index < -0.39 is 16.1 Å². The molecule has 2 rings (SSSR count). The van der Waals surface area contributed by atoms with E-state index in [0.29, 0.717) is 31.1 Å². The van der Waals surface area contributed by atoms with E-state index >= 15 is 0 Å². The number of rotatable bonds is 6. The Kier molecular flexibility index (Phi) is 7.56. The molecule has 0 bridgehead atoms. The average Bonchev–Trinajstić information content (AvgIpc) is 2.61. The van der Waals surface area contributed by atoms with Gasteiger partial charge < -0.3 is 10.2 Å². The van der Waals surface area contributed by atoms with Gasteiger partial charge in [-0.1, -0.05) is 24.6 Å². The van der Waals surface area contributed by atoms with Gasteiger partial charge in [-0.05, 0) is 38.8 Å². The van der Waals surface area contributed by atoms with Crippen molar-refractivity contribution in [3.05, 3.63) is 29.3 Å². The van der Waals surface area contributed by atoms with E-state index in [9.17, 15) is 18.0 Å². The van der Waals surface area contributed by atoms with Crippen molar-refractivity contribution in [3.8, 4) is 0 Å². The molecule has 3 amide bonds. The Balaban J connectivity index is 1.88. The fourth-order valence-corrected chi connectivity index (χ4v) is 4.85. The first kappa shape index (κ1) is 22.3. The topological polar surface area (TPSA) is 100 Å². The van der Waals surface area contributed by atoms with Gasteiger partial charge in [0.15, 0.2) is 6.54 Å². The highest BCUT2D eigenvalue weighted by Crippen LogP contribution is 2.20. The molecule has 9 heteroatoms. The summed E-state index contributed by atoms with van der Waals surface area (Å²) in [6.45, 7) is 9.41. The molecule has 0 aliphatic carbocycles. The van der Waals surface area contributed by atoms with Crippen LogP contribution in [0.5, 0.6) is 0 Å². The van der Waals surface area contributed by atoms with Gasteiger partial charge in [-0.3, -0.25) is 10.1 Å². The summed E-state index contributed by atoms with van der Waals surface area (Å²) in [5.41, 5.74) is 1.76. The molecule has 3 N–H and O–H groups in total. The number of hydrogen-bond acceptors (Lipinski definition) is 4. The first-order chi connectivity index (χ1) is 13.1. The number of benzene rings is 1. The second-order valence-corrected chi connectivity index (χ2v) is 9.34. The lowest BCUT2D eigenvalue weighted by molar-refractivity contribution is -0.895. The lowest BCUT2D eigenvalue weighted by Crippen LogP contribution is -3.15. The number of aryl methyl sites for hydroxylation is 2. The number of hydrogen-bond donors (Lipinski definition) is 3. The molecular formula is C19H31N4O4S+. The normalized spacial score (nSPS) is 17.1. The number of amides is 3. The second kappa shape index (κ2) is 9.49. The van der Waals surface area contributed by atoms with E-state index in [1.54, 1.807) is 19.1 Å². The molecule has 1 aliphatic heterocycles. The van der Waals surface area contributed by atoms with Crippen molar-refractivity contribution in [2.45, 2.75) is 45.1 Å². The highest BCUT2D eigenvalue weighted by molar-refractivity contribution is 7.89. The SMILES string of the molecule is CC[C@H](C)NC(=O)NC(=O)C[NH+]1CCN(S(=O)(=O)c2ccc(C)cc2C)CC1. The molecule has 1 atom stereocenters. The van der Waals surface area contributed by atoms with Crippen LogP contribution in [-0.4, -0.2) is 63.4 Å². The van der Waals surface area contributed by atoms with E-state index in [-0.39, 0.29) is 18.5 Å². The molecule has 0 aromatic heterocycles. The first-order valence-electron chi connectivity index (χ1n) is 9.64. The van der Waals surface area contributed by atoms with Crippen LogP contribution in [0.15, 0.2) is 23.1 Å². The van der Waals surface area contributed by atoms with Crippen LogP contribution in [0.1, 0.15) is 31.4 Å². The van der Waals surface area contributed by atoms with Crippen molar-refractivity contribution in [3.63, 3.8) is 0 Å². The first-order valence-corrected chi connectivity index (χ1v) is 11.1. The van der Waals surface area contributed by atoms with Crippen LogP contribution in [0.4, 0.5) is 4.79 Å². The predicted octanol–water partition coefficient (Wildman–Crippen LogP) is -0.183. The van der Waals surface area contributed by atoms with Gasteiger partial charge in [-0.15, -0.1) is 0 Å². The van der Waals surface area contributed by atoms with E-state index in [4.69, 9.17) is 0 Å². The number of urea groups is 1. The summed E-state index contributed by atoms with van der Waals surface area (Å²) in [5, 5.41) is 5.02. The maximum atomic E-state index is 12.9. The van der Waals surface area contributed by atoms with Gasteiger partial charge in [-0.25, -0.2) is 13.2 Å². The summed E-state index contributed by atoms with van der Waals surface area (Å²) in [6.07, 6.45) is 0.781. The summed E-state index contributed by atoms with van der Waals surface area (Å²) in [7, 11) is -3.54. The quantitative estimate of drug-likeness (QED) is 0.604. The third kappa shape index (κ3) is 5.76. The molecule has 0 spiro atoms. The highest BCUT2D eigenvalue weighted by Gasteiger charge is 2.32. The summed E-state index contributed by atoms with van der Waals surface area (Å²) < 4.78 is 27.3. The zero-order chi connectivity index (χ0) is 20.9. The second-order valence-electron chi connectivity index (χ2n) is 7.43. The van der Waals surface area contributed by atoms with Gasteiger partial charge in [0.1, 0.15) is 0 Å². The van der Waals surface area contributed by atoms with Crippen molar-refractivity contribution in [1.82, 2.24) is 14.9 Å².